The van der Waals surface area contributed by atoms with Crippen LogP contribution < -0.4 is 0 Å². The van der Waals surface area contributed by atoms with Crippen LogP contribution in [0.15, 0.2) is 12.7 Å². The Hall–Kier alpha value is -0.830. The van der Waals surface area contributed by atoms with E-state index in [0.29, 0.717) is 12.3 Å². The zero-order chi connectivity index (χ0) is 11.1. The fraction of sp³-hybridized carbons (Fsp3) is 0.727. The molecule has 3 nitrogen and oxygen atoms in total. The smallest absolute Gasteiger partial charge is 0.305 e. The first-order valence-corrected chi connectivity index (χ1v) is 5.03. The molecule has 3 heteroatoms. The molecule has 0 saturated heterocycles. The van der Waals surface area contributed by atoms with Crippen molar-refractivity contribution < 1.29 is 15.0 Å². The molecule has 0 radical (unpaired) electrons. The molecular formula is C11H20O3. The van der Waals surface area contributed by atoms with Crippen LogP contribution in [0.5, 0.6) is 0 Å². The summed E-state index contributed by atoms with van der Waals surface area (Å²) in [6.07, 6.45) is 2.41. The number of carboxylic acid groups (broad SMARTS) is 1. The monoisotopic (exact) mass is 200 g/mol. The molecule has 0 heterocycles. The van der Waals surface area contributed by atoms with Crippen LogP contribution in [0.3, 0.4) is 0 Å². The van der Waals surface area contributed by atoms with E-state index in [1.54, 1.807) is 6.08 Å². The maximum absolute atomic E-state index is 10.4. The van der Waals surface area contributed by atoms with Crippen molar-refractivity contribution in [2.24, 2.45) is 11.8 Å². The second kappa shape index (κ2) is 6.60. The van der Waals surface area contributed by atoms with Crippen LogP contribution in [0.2, 0.25) is 0 Å². The lowest BCUT2D eigenvalue weighted by Gasteiger charge is -2.25. The summed E-state index contributed by atoms with van der Waals surface area (Å²) in [4.78, 5) is 10.4. The molecule has 0 aliphatic rings. The molecule has 0 aromatic carbocycles. The zero-order valence-electron chi connectivity index (χ0n) is 8.94. The van der Waals surface area contributed by atoms with Crippen molar-refractivity contribution in [2.75, 3.05) is 0 Å². The third-order valence-electron chi connectivity index (χ3n) is 2.69. The summed E-state index contributed by atoms with van der Waals surface area (Å²) < 4.78 is 0. The van der Waals surface area contributed by atoms with E-state index in [4.69, 9.17) is 5.11 Å². The first kappa shape index (κ1) is 13.2. The minimum Gasteiger partial charge on any atom is -0.481 e. The minimum absolute atomic E-state index is 0.00796. The van der Waals surface area contributed by atoms with Crippen LogP contribution in [-0.2, 0) is 4.79 Å². The number of hydrogen-bond donors (Lipinski definition) is 2. The summed E-state index contributed by atoms with van der Waals surface area (Å²) >= 11 is 0. The predicted molar refractivity (Wildman–Crippen MR) is 56.0 cm³/mol. The number of allylic oxidation sites excluding steroid dienone is 1. The molecule has 0 aliphatic carbocycles. The van der Waals surface area contributed by atoms with E-state index < -0.39 is 12.1 Å². The van der Waals surface area contributed by atoms with Crippen molar-refractivity contribution in [2.45, 2.75) is 39.2 Å². The Morgan fingerprint density at radius 1 is 1.57 bits per heavy atom. The molecule has 2 N–H and O–H groups in total. The number of aliphatic hydroxyl groups excluding tert-OH is 1. The number of rotatable bonds is 7. The Balaban J connectivity index is 4.30. The molecule has 0 spiro atoms. The standard InChI is InChI=1S/C11H20O3/c1-4-6-9(8(3)5-2)10(12)7-11(13)14/h4,8-10,12H,1,5-7H2,2-3H3,(H,13,14). The van der Waals surface area contributed by atoms with Gasteiger partial charge < -0.3 is 10.2 Å². The quantitative estimate of drug-likeness (QED) is 0.618. The van der Waals surface area contributed by atoms with Gasteiger partial charge >= 0.3 is 5.97 Å². The van der Waals surface area contributed by atoms with E-state index in [2.05, 4.69) is 6.58 Å². The fourth-order valence-corrected chi connectivity index (χ4v) is 1.59. The van der Waals surface area contributed by atoms with E-state index in [0.717, 1.165) is 6.42 Å². The molecular weight excluding hydrogens is 180 g/mol. The first-order chi connectivity index (χ1) is 6.52. The molecule has 3 unspecified atom stereocenters. The molecule has 82 valence electrons. The van der Waals surface area contributed by atoms with Crippen LogP contribution in [0, 0.1) is 11.8 Å². The number of hydrogen-bond acceptors (Lipinski definition) is 2. The van der Waals surface area contributed by atoms with Crippen molar-refractivity contribution >= 4 is 5.97 Å². The summed E-state index contributed by atoms with van der Waals surface area (Å²) in [5.41, 5.74) is 0. The lowest BCUT2D eigenvalue weighted by Crippen LogP contribution is -2.28. The Morgan fingerprint density at radius 2 is 2.14 bits per heavy atom. The molecule has 0 saturated carbocycles. The molecule has 3 atom stereocenters. The molecule has 0 amide bonds. The lowest BCUT2D eigenvalue weighted by molar-refractivity contribution is -0.140. The highest BCUT2D eigenvalue weighted by Crippen LogP contribution is 2.24. The van der Waals surface area contributed by atoms with Crippen LogP contribution in [-0.4, -0.2) is 22.3 Å². The molecule has 0 rings (SSSR count). The average molecular weight is 200 g/mol. The highest BCUT2D eigenvalue weighted by atomic mass is 16.4. The van der Waals surface area contributed by atoms with Gasteiger partial charge in [-0.2, -0.15) is 0 Å². The summed E-state index contributed by atoms with van der Waals surface area (Å²) in [6.45, 7) is 7.68. The van der Waals surface area contributed by atoms with Crippen molar-refractivity contribution in [1.82, 2.24) is 0 Å². The number of aliphatic hydroxyl groups is 1. The van der Waals surface area contributed by atoms with E-state index in [1.807, 2.05) is 13.8 Å². The third kappa shape index (κ3) is 4.42. The van der Waals surface area contributed by atoms with E-state index >= 15 is 0 Å². The fourth-order valence-electron chi connectivity index (χ4n) is 1.59. The van der Waals surface area contributed by atoms with Gasteiger partial charge in [0.1, 0.15) is 0 Å². The zero-order valence-corrected chi connectivity index (χ0v) is 8.94. The predicted octanol–water partition coefficient (Wildman–Crippen LogP) is 2.06. The maximum Gasteiger partial charge on any atom is 0.305 e. The van der Waals surface area contributed by atoms with Gasteiger partial charge in [0.15, 0.2) is 0 Å². The van der Waals surface area contributed by atoms with Crippen LogP contribution in [0.4, 0.5) is 0 Å². The van der Waals surface area contributed by atoms with Gasteiger partial charge in [-0.25, -0.2) is 0 Å². The SMILES string of the molecule is C=CCC(C(C)CC)C(O)CC(=O)O. The maximum atomic E-state index is 10.4. The lowest BCUT2D eigenvalue weighted by atomic mass is 9.83. The van der Waals surface area contributed by atoms with Gasteiger partial charge in [-0.1, -0.05) is 26.3 Å². The van der Waals surface area contributed by atoms with Crippen LogP contribution in [0.25, 0.3) is 0 Å². The highest BCUT2D eigenvalue weighted by molar-refractivity contribution is 5.67. The van der Waals surface area contributed by atoms with Gasteiger partial charge in [0.05, 0.1) is 12.5 Å². The molecule has 0 aromatic rings. The normalized spacial score (nSPS) is 17.1. The van der Waals surface area contributed by atoms with Crippen LogP contribution >= 0.6 is 0 Å². The van der Waals surface area contributed by atoms with Gasteiger partial charge in [-0.3, -0.25) is 4.79 Å². The van der Waals surface area contributed by atoms with Crippen molar-refractivity contribution in [3.63, 3.8) is 0 Å². The van der Waals surface area contributed by atoms with Gasteiger partial charge in [-0.15, -0.1) is 6.58 Å². The van der Waals surface area contributed by atoms with Gasteiger partial charge in [-0.05, 0) is 18.3 Å². The van der Waals surface area contributed by atoms with Gasteiger partial charge in [0, 0.05) is 0 Å². The second-order valence-corrected chi connectivity index (χ2v) is 3.74. The number of aliphatic carboxylic acids is 1. The average Bonchev–Trinajstić information content (AvgIpc) is 2.11. The molecule has 0 bridgehead atoms. The summed E-state index contributed by atoms with van der Waals surface area (Å²) in [5, 5.41) is 18.3. The number of carboxylic acids is 1. The topological polar surface area (TPSA) is 57.5 Å². The van der Waals surface area contributed by atoms with Gasteiger partial charge in [0.25, 0.3) is 0 Å². The summed E-state index contributed by atoms with van der Waals surface area (Å²) in [7, 11) is 0. The Kier molecular flexibility index (Phi) is 6.21. The van der Waals surface area contributed by atoms with E-state index in [-0.39, 0.29) is 12.3 Å². The molecule has 0 aromatic heterocycles. The van der Waals surface area contributed by atoms with E-state index in [1.165, 1.54) is 0 Å². The Bertz CT molecular complexity index is 189. The van der Waals surface area contributed by atoms with E-state index in [9.17, 15) is 9.90 Å². The minimum atomic E-state index is -0.949. The summed E-state index contributed by atoms with van der Waals surface area (Å²) in [5.74, 6) is -0.620. The third-order valence-corrected chi connectivity index (χ3v) is 2.69. The van der Waals surface area contributed by atoms with Crippen LogP contribution in [0.1, 0.15) is 33.1 Å². The van der Waals surface area contributed by atoms with Crippen molar-refractivity contribution in [3.05, 3.63) is 12.7 Å². The van der Waals surface area contributed by atoms with Crippen molar-refractivity contribution in [3.8, 4) is 0 Å². The summed E-state index contributed by atoms with van der Waals surface area (Å²) in [6, 6.07) is 0. The molecule has 0 aliphatic heterocycles. The molecule has 0 fully saturated rings. The number of carbonyl (C=O) groups is 1. The molecule has 14 heavy (non-hydrogen) atoms. The first-order valence-electron chi connectivity index (χ1n) is 5.03. The highest BCUT2D eigenvalue weighted by Gasteiger charge is 2.24. The van der Waals surface area contributed by atoms with Gasteiger partial charge in [0.2, 0.25) is 0 Å². The largest absolute Gasteiger partial charge is 0.481 e. The Labute approximate surface area is 85.4 Å². The van der Waals surface area contributed by atoms with Crippen molar-refractivity contribution in [1.29, 1.82) is 0 Å². The second-order valence-electron chi connectivity index (χ2n) is 3.74. The Morgan fingerprint density at radius 3 is 2.50 bits per heavy atom.